The second kappa shape index (κ2) is 7.41. The van der Waals surface area contributed by atoms with Gasteiger partial charge in [0.1, 0.15) is 0 Å². The zero-order valence-corrected chi connectivity index (χ0v) is 13.4. The third kappa shape index (κ3) is 4.74. The zero-order chi connectivity index (χ0) is 14.5. The lowest BCUT2D eigenvalue weighted by molar-refractivity contribution is -0.133. The minimum absolute atomic E-state index is 0.327. The van der Waals surface area contributed by atoms with Crippen LogP contribution in [0, 0.1) is 5.92 Å². The highest BCUT2D eigenvalue weighted by atomic mass is 16.2. The third-order valence-electron chi connectivity index (χ3n) is 4.27. The first-order chi connectivity index (χ1) is 9.60. The molecular formula is C16H31N3O. The Balaban J connectivity index is 1.86. The first-order valence-electron chi connectivity index (χ1n) is 8.35. The molecule has 1 aliphatic carbocycles. The lowest BCUT2D eigenvalue weighted by Crippen LogP contribution is -2.46. The molecule has 1 N–H and O–H groups in total. The van der Waals surface area contributed by atoms with Gasteiger partial charge in [-0.15, -0.1) is 0 Å². The van der Waals surface area contributed by atoms with E-state index in [1.807, 2.05) is 0 Å². The Morgan fingerprint density at radius 2 is 2.05 bits per heavy atom. The topological polar surface area (TPSA) is 35.6 Å². The number of nitrogens with one attached hydrogen (secondary N) is 1. The van der Waals surface area contributed by atoms with Crippen LogP contribution in [-0.2, 0) is 4.79 Å². The van der Waals surface area contributed by atoms with Crippen LogP contribution in [0.15, 0.2) is 0 Å². The first-order valence-corrected chi connectivity index (χ1v) is 8.35. The van der Waals surface area contributed by atoms with Crippen LogP contribution < -0.4 is 5.32 Å². The van der Waals surface area contributed by atoms with Crippen molar-refractivity contribution in [1.29, 1.82) is 0 Å². The number of hydrogen-bond acceptors (Lipinski definition) is 3. The Morgan fingerprint density at radius 3 is 2.55 bits per heavy atom. The van der Waals surface area contributed by atoms with E-state index in [1.54, 1.807) is 0 Å². The van der Waals surface area contributed by atoms with Gasteiger partial charge in [-0.2, -0.15) is 0 Å². The van der Waals surface area contributed by atoms with Gasteiger partial charge in [-0.3, -0.25) is 9.69 Å². The summed E-state index contributed by atoms with van der Waals surface area (Å²) in [6, 6.07) is 1.12. The summed E-state index contributed by atoms with van der Waals surface area (Å²) in [4.78, 5) is 16.9. The summed E-state index contributed by atoms with van der Waals surface area (Å²) in [6.07, 6.45) is 4.93. The standard InChI is InChI=1S/C16H31N3O/c1-4-19(15-7-8-15)16(20)12-18(10-13(2)3)11-14-6-5-9-17-14/h13-15,17H,4-12H2,1-3H3. The van der Waals surface area contributed by atoms with Crippen LogP contribution in [-0.4, -0.2) is 60.5 Å². The molecule has 1 heterocycles. The Kier molecular flexibility index (Phi) is 5.85. The summed E-state index contributed by atoms with van der Waals surface area (Å²) < 4.78 is 0. The Labute approximate surface area is 123 Å². The van der Waals surface area contributed by atoms with Crippen LogP contribution in [0.4, 0.5) is 0 Å². The van der Waals surface area contributed by atoms with Crippen molar-refractivity contribution in [3.05, 3.63) is 0 Å². The summed E-state index contributed by atoms with van der Waals surface area (Å²) in [5.41, 5.74) is 0. The molecule has 0 radical (unpaired) electrons. The van der Waals surface area contributed by atoms with E-state index in [-0.39, 0.29) is 0 Å². The monoisotopic (exact) mass is 281 g/mol. The van der Waals surface area contributed by atoms with Gasteiger partial charge in [-0.1, -0.05) is 13.8 Å². The average Bonchev–Trinajstić information content (AvgIpc) is 3.06. The molecule has 4 heteroatoms. The number of amides is 1. The normalized spacial score (nSPS) is 22.8. The molecule has 1 saturated carbocycles. The predicted octanol–water partition coefficient (Wildman–Crippen LogP) is 1.71. The van der Waals surface area contributed by atoms with Crippen molar-refractivity contribution in [2.75, 3.05) is 32.7 Å². The maximum Gasteiger partial charge on any atom is 0.236 e. The molecule has 1 saturated heterocycles. The Bertz CT molecular complexity index is 309. The second-order valence-corrected chi connectivity index (χ2v) is 6.79. The molecule has 1 atom stereocenters. The molecule has 4 nitrogen and oxygen atoms in total. The van der Waals surface area contributed by atoms with E-state index in [0.29, 0.717) is 30.5 Å². The van der Waals surface area contributed by atoms with Gasteiger partial charge in [0.15, 0.2) is 0 Å². The minimum atomic E-state index is 0.327. The van der Waals surface area contributed by atoms with Gasteiger partial charge in [-0.25, -0.2) is 0 Å². The summed E-state index contributed by atoms with van der Waals surface area (Å²) >= 11 is 0. The van der Waals surface area contributed by atoms with E-state index in [4.69, 9.17) is 0 Å². The fourth-order valence-corrected chi connectivity index (χ4v) is 3.25. The van der Waals surface area contributed by atoms with Crippen LogP contribution in [0.3, 0.4) is 0 Å². The van der Waals surface area contributed by atoms with Crippen molar-refractivity contribution in [3.8, 4) is 0 Å². The summed E-state index contributed by atoms with van der Waals surface area (Å²) in [5.74, 6) is 0.939. The maximum atomic E-state index is 12.5. The highest BCUT2D eigenvalue weighted by Gasteiger charge is 2.32. The molecule has 2 aliphatic rings. The van der Waals surface area contributed by atoms with E-state index >= 15 is 0 Å². The largest absolute Gasteiger partial charge is 0.339 e. The summed E-state index contributed by atoms with van der Waals surface area (Å²) in [6.45, 7) is 11.2. The number of likely N-dealkylation sites (N-methyl/N-ethyl adjacent to an activating group) is 1. The molecule has 0 aromatic rings. The van der Waals surface area contributed by atoms with Crippen molar-refractivity contribution in [3.63, 3.8) is 0 Å². The smallest absolute Gasteiger partial charge is 0.236 e. The molecule has 1 unspecified atom stereocenters. The van der Waals surface area contributed by atoms with E-state index in [2.05, 4.69) is 35.9 Å². The summed E-state index contributed by atoms with van der Waals surface area (Å²) in [5, 5.41) is 3.55. The van der Waals surface area contributed by atoms with Gasteiger partial charge in [-0.05, 0) is 45.1 Å². The fourth-order valence-electron chi connectivity index (χ4n) is 3.25. The van der Waals surface area contributed by atoms with Gasteiger partial charge in [0.25, 0.3) is 0 Å². The average molecular weight is 281 g/mol. The molecule has 2 fully saturated rings. The predicted molar refractivity (Wildman–Crippen MR) is 82.7 cm³/mol. The van der Waals surface area contributed by atoms with Crippen molar-refractivity contribution >= 4 is 5.91 Å². The first kappa shape index (κ1) is 15.8. The van der Waals surface area contributed by atoms with Gasteiger partial charge < -0.3 is 10.2 Å². The van der Waals surface area contributed by atoms with Crippen molar-refractivity contribution in [2.45, 2.75) is 58.5 Å². The molecule has 2 rings (SSSR count). The second-order valence-electron chi connectivity index (χ2n) is 6.79. The molecule has 0 bridgehead atoms. The van der Waals surface area contributed by atoms with Crippen LogP contribution in [0.2, 0.25) is 0 Å². The van der Waals surface area contributed by atoms with Crippen molar-refractivity contribution in [1.82, 2.24) is 15.1 Å². The quantitative estimate of drug-likeness (QED) is 0.736. The van der Waals surface area contributed by atoms with Gasteiger partial charge in [0.05, 0.1) is 6.54 Å². The molecule has 0 aromatic carbocycles. The van der Waals surface area contributed by atoms with E-state index < -0.39 is 0 Å². The summed E-state index contributed by atoms with van der Waals surface area (Å²) in [7, 11) is 0. The van der Waals surface area contributed by atoms with E-state index in [1.165, 1.54) is 25.7 Å². The van der Waals surface area contributed by atoms with Crippen molar-refractivity contribution < 1.29 is 4.79 Å². The van der Waals surface area contributed by atoms with Gasteiger partial charge in [0, 0.05) is 31.7 Å². The molecule has 20 heavy (non-hydrogen) atoms. The molecule has 0 aromatic heterocycles. The highest BCUT2D eigenvalue weighted by molar-refractivity contribution is 5.78. The number of carbonyl (C=O) groups excluding carboxylic acids is 1. The van der Waals surface area contributed by atoms with Crippen LogP contribution in [0.1, 0.15) is 46.5 Å². The number of nitrogens with zero attached hydrogens (tertiary/aromatic N) is 2. The van der Waals surface area contributed by atoms with Crippen LogP contribution >= 0.6 is 0 Å². The number of hydrogen-bond donors (Lipinski definition) is 1. The SMILES string of the molecule is CCN(C(=O)CN(CC(C)C)CC1CCCN1)C1CC1. The Hall–Kier alpha value is -0.610. The van der Waals surface area contributed by atoms with Crippen LogP contribution in [0.25, 0.3) is 0 Å². The van der Waals surface area contributed by atoms with Gasteiger partial charge in [0.2, 0.25) is 5.91 Å². The minimum Gasteiger partial charge on any atom is -0.339 e. The third-order valence-corrected chi connectivity index (χ3v) is 4.27. The van der Waals surface area contributed by atoms with E-state index in [9.17, 15) is 4.79 Å². The molecule has 0 spiro atoms. The number of rotatable bonds is 8. The molecule has 1 amide bonds. The van der Waals surface area contributed by atoms with Crippen molar-refractivity contribution in [2.24, 2.45) is 5.92 Å². The van der Waals surface area contributed by atoms with Gasteiger partial charge >= 0.3 is 0 Å². The van der Waals surface area contributed by atoms with E-state index in [0.717, 1.165) is 26.2 Å². The molecule has 1 aliphatic heterocycles. The lowest BCUT2D eigenvalue weighted by Gasteiger charge is -2.29. The Morgan fingerprint density at radius 1 is 1.30 bits per heavy atom. The molecular weight excluding hydrogens is 250 g/mol. The zero-order valence-electron chi connectivity index (χ0n) is 13.4. The van der Waals surface area contributed by atoms with Crippen LogP contribution in [0.5, 0.6) is 0 Å². The molecule has 116 valence electrons. The number of carbonyl (C=O) groups is 1. The highest BCUT2D eigenvalue weighted by Crippen LogP contribution is 2.26. The lowest BCUT2D eigenvalue weighted by atomic mass is 10.1. The fraction of sp³-hybridized carbons (Fsp3) is 0.938. The maximum absolute atomic E-state index is 12.5.